The smallest absolute Gasteiger partial charge is 0.164 e. The lowest BCUT2D eigenvalue weighted by molar-refractivity contribution is 0.292. The van der Waals surface area contributed by atoms with E-state index in [4.69, 9.17) is 9.47 Å². The van der Waals surface area contributed by atoms with E-state index in [2.05, 4.69) is 19.9 Å². The zero-order valence-electron chi connectivity index (χ0n) is 12.7. The molecule has 0 radical (unpaired) electrons. The third kappa shape index (κ3) is 2.88. The first kappa shape index (κ1) is 14.2. The minimum atomic E-state index is 0.775. The van der Waals surface area contributed by atoms with Crippen LogP contribution in [0.2, 0.25) is 0 Å². The summed E-state index contributed by atoms with van der Waals surface area (Å²) in [7, 11) is 3.46. The van der Waals surface area contributed by atoms with Crippen LogP contribution in [0.5, 0.6) is 11.5 Å². The van der Waals surface area contributed by atoms with Gasteiger partial charge in [0.15, 0.2) is 11.5 Å². The quantitative estimate of drug-likeness (QED) is 0.790. The van der Waals surface area contributed by atoms with Gasteiger partial charge in [-0.3, -0.25) is 0 Å². The largest absolute Gasteiger partial charge is 0.493 e. The SMILES string of the molecule is CCCC[C@@H]1Cc2c(ccc(OC)c2OC)CC1C. The molecule has 1 aliphatic carbocycles. The summed E-state index contributed by atoms with van der Waals surface area (Å²) in [6, 6.07) is 4.25. The van der Waals surface area contributed by atoms with Crippen molar-refractivity contribution in [2.75, 3.05) is 14.2 Å². The highest BCUT2D eigenvalue weighted by Gasteiger charge is 2.28. The van der Waals surface area contributed by atoms with E-state index in [0.29, 0.717) is 0 Å². The van der Waals surface area contributed by atoms with Crippen molar-refractivity contribution in [2.45, 2.75) is 46.0 Å². The fourth-order valence-electron chi connectivity index (χ4n) is 3.28. The molecular formula is C17H26O2. The number of hydrogen-bond donors (Lipinski definition) is 0. The Kier molecular flexibility index (Phi) is 4.73. The minimum absolute atomic E-state index is 0.775. The Morgan fingerprint density at radius 1 is 1.16 bits per heavy atom. The van der Waals surface area contributed by atoms with Gasteiger partial charge in [0.05, 0.1) is 14.2 Å². The fourth-order valence-corrected chi connectivity index (χ4v) is 3.28. The van der Waals surface area contributed by atoms with Crippen LogP contribution >= 0.6 is 0 Å². The van der Waals surface area contributed by atoms with Gasteiger partial charge in [-0.15, -0.1) is 0 Å². The zero-order chi connectivity index (χ0) is 13.8. The van der Waals surface area contributed by atoms with Crippen LogP contribution < -0.4 is 9.47 Å². The molecule has 1 aromatic carbocycles. The Morgan fingerprint density at radius 3 is 2.58 bits per heavy atom. The van der Waals surface area contributed by atoms with Gasteiger partial charge in [0.2, 0.25) is 0 Å². The lowest BCUT2D eigenvalue weighted by Gasteiger charge is -2.32. The molecular weight excluding hydrogens is 236 g/mol. The average Bonchev–Trinajstić information content (AvgIpc) is 2.43. The van der Waals surface area contributed by atoms with Crippen LogP contribution in [-0.2, 0) is 12.8 Å². The molecule has 2 atom stereocenters. The molecule has 0 heterocycles. The van der Waals surface area contributed by atoms with E-state index in [1.165, 1.54) is 36.8 Å². The summed E-state index contributed by atoms with van der Waals surface area (Å²) in [5, 5.41) is 0. The second kappa shape index (κ2) is 6.31. The first-order valence-corrected chi connectivity index (χ1v) is 7.44. The maximum Gasteiger partial charge on any atom is 0.164 e. The van der Waals surface area contributed by atoms with Crippen molar-refractivity contribution >= 4 is 0 Å². The van der Waals surface area contributed by atoms with Gasteiger partial charge in [-0.1, -0.05) is 32.8 Å². The van der Waals surface area contributed by atoms with E-state index >= 15 is 0 Å². The molecule has 1 aliphatic rings. The Labute approximate surface area is 117 Å². The highest BCUT2D eigenvalue weighted by Crippen LogP contribution is 2.41. The van der Waals surface area contributed by atoms with Crippen molar-refractivity contribution < 1.29 is 9.47 Å². The van der Waals surface area contributed by atoms with Crippen molar-refractivity contribution in [3.63, 3.8) is 0 Å². The summed E-state index contributed by atoms with van der Waals surface area (Å²) < 4.78 is 11.0. The van der Waals surface area contributed by atoms with Crippen molar-refractivity contribution in [3.8, 4) is 11.5 Å². The third-order valence-corrected chi connectivity index (χ3v) is 4.49. The summed E-state index contributed by atoms with van der Waals surface area (Å²) in [6.07, 6.45) is 6.25. The van der Waals surface area contributed by atoms with E-state index < -0.39 is 0 Å². The lowest BCUT2D eigenvalue weighted by Crippen LogP contribution is -2.24. The second-order valence-electron chi connectivity index (χ2n) is 5.73. The van der Waals surface area contributed by atoms with Gasteiger partial charge in [-0.25, -0.2) is 0 Å². The number of ether oxygens (including phenoxy) is 2. The molecule has 106 valence electrons. The summed E-state index contributed by atoms with van der Waals surface area (Å²) in [5.41, 5.74) is 2.82. The van der Waals surface area contributed by atoms with Crippen LogP contribution in [-0.4, -0.2) is 14.2 Å². The number of rotatable bonds is 5. The van der Waals surface area contributed by atoms with Gasteiger partial charge in [-0.2, -0.15) is 0 Å². The van der Waals surface area contributed by atoms with E-state index in [0.717, 1.165) is 29.8 Å². The average molecular weight is 262 g/mol. The van der Waals surface area contributed by atoms with Crippen LogP contribution in [0.25, 0.3) is 0 Å². The van der Waals surface area contributed by atoms with Gasteiger partial charge >= 0.3 is 0 Å². The summed E-state index contributed by atoms with van der Waals surface area (Å²) in [4.78, 5) is 0. The van der Waals surface area contributed by atoms with Crippen molar-refractivity contribution in [1.29, 1.82) is 0 Å². The lowest BCUT2D eigenvalue weighted by atomic mass is 9.74. The maximum absolute atomic E-state index is 5.60. The molecule has 0 aliphatic heterocycles. The van der Waals surface area contributed by atoms with Crippen LogP contribution in [0.3, 0.4) is 0 Å². The third-order valence-electron chi connectivity index (χ3n) is 4.49. The molecule has 0 saturated carbocycles. The topological polar surface area (TPSA) is 18.5 Å². The van der Waals surface area contributed by atoms with Crippen molar-refractivity contribution in [3.05, 3.63) is 23.3 Å². The molecule has 0 amide bonds. The van der Waals surface area contributed by atoms with Gasteiger partial charge in [0.25, 0.3) is 0 Å². The van der Waals surface area contributed by atoms with Crippen LogP contribution in [0, 0.1) is 11.8 Å². The van der Waals surface area contributed by atoms with Crippen LogP contribution in [0.1, 0.15) is 44.2 Å². The molecule has 0 spiro atoms. The highest BCUT2D eigenvalue weighted by atomic mass is 16.5. The second-order valence-corrected chi connectivity index (χ2v) is 5.73. The van der Waals surface area contributed by atoms with Gasteiger partial charge in [0, 0.05) is 5.56 Å². The van der Waals surface area contributed by atoms with E-state index in [9.17, 15) is 0 Å². The molecule has 0 saturated heterocycles. The Balaban J connectivity index is 2.29. The first-order chi connectivity index (χ1) is 9.21. The predicted octanol–water partition coefficient (Wildman–Crippen LogP) is 4.24. The Hall–Kier alpha value is -1.18. The van der Waals surface area contributed by atoms with Gasteiger partial charge < -0.3 is 9.47 Å². The van der Waals surface area contributed by atoms with E-state index in [-0.39, 0.29) is 0 Å². The van der Waals surface area contributed by atoms with Gasteiger partial charge in [-0.05, 0) is 42.7 Å². The molecule has 2 rings (SSSR count). The maximum atomic E-state index is 5.60. The molecule has 2 nitrogen and oxygen atoms in total. The summed E-state index contributed by atoms with van der Waals surface area (Å²) in [5.74, 6) is 3.38. The Morgan fingerprint density at radius 2 is 1.95 bits per heavy atom. The molecule has 1 aromatic rings. The highest BCUT2D eigenvalue weighted by molar-refractivity contribution is 5.52. The van der Waals surface area contributed by atoms with Crippen LogP contribution in [0.15, 0.2) is 12.1 Å². The zero-order valence-corrected chi connectivity index (χ0v) is 12.7. The number of methoxy groups -OCH3 is 2. The summed E-state index contributed by atoms with van der Waals surface area (Å²) >= 11 is 0. The molecule has 0 N–H and O–H groups in total. The molecule has 1 unspecified atom stereocenters. The number of fused-ring (bicyclic) bond motifs is 1. The molecule has 0 aromatic heterocycles. The Bertz CT molecular complexity index is 426. The standard InChI is InChI=1S/C17H26O2/c1-5-6-7-13-11-15-14(10-12(13)2)8-9-16(18-3)17(15)19-4/h8-9,12-13H,5-7,10-11H2,1-4H3/t12?,13-/m1/s1. The van der Waals surface area contributed by atoms with E-state index in [1.807, 2.05) is 6.07 Å². The predicted molar refractivity (Wildman–Crippen MR) is 79.1 cm³/mol. The summed E-state index contributed by atoms with van der Waals surface area (Å²) in [6.45, 7) is 4.66. The van der Waals surface area contributed by atoms with Gasteiger partial charge in [0.1, 0.15) is 0 Å². The van der Waals surface area contributed by atoms with Crippen molar-refractivity contribution in [2.24, 2.45) is 11.8 Å². The number of benzene rings is 1. The monoisotopic (exact) mass is 262 g/mol. The van der Waals surface area contributed by atoms with E-state index in [1.54, 1.807) is 14.2 Å². The first-order valence-electron chi connectivity index (χ1n) is 7.44. The molecule has 0 fully saturated rings. The molecule has 2 heteroatoms. The molecule has 19 heavy (non-hydrogen) atoms. The minimum Gasteiger partial charge on any atom is -0.493 e. The number of hydrogen-bond acceptors (Lipinski definition) is 2. The fraction of sp³-hybridized carbons (Fsp3) is 0.647. The molecule has 0 bridgehead atoms. The van der Waals surface area contributed by atoms with Crippen LogP contribution in [0.4, 0.5) is 0 Å². The normalized spacial score (nSPS) is 21.9. The van der Waals surface area contributed by atoms with Crippen molar-refractivity contribution in [1.82, 2.24) is 0 Å². The number of unbranched alkanes of at least 4 members (excludes halogenated alkanes) is 1.